The Morgan fingerprint density at radius 1 is 0.947 bits per heavy atom. The van der Waals surface area contributed by atoms with Gasteiger partial charge in [-0.15, -0.1) is 0 Å². The highest BCUT2D eigenvalue weighted by molar-refractivity contribution is 7.98. The van der Waals surface area contributed by atoms with Crippen LogP contribution in [0.4, 0.5) is 4.79 Å². The van der Waals surface area contributed by atoms with Gasteiger partial charge in [0.2, 0.25) is 12.3 Å². The number of ether oxygens (including phenoxy) is 3. The van der Waals surface area contributed by atoms with Crippen LogP contribution in [0.2, 0.25) is 0 Å². The molecule has 0 heterocycles. The van der Waals surface area contributed by atoms with Gasteiger partial charge < -0.3 is 30.0 Å². The van der Waals surface area contributed by atoms with Gasteiger partial charge in [-0.25, -0.2) is 9.59 Å². The first-order valence-electron chi connectivity index (χ1n) is 12.1. The molecule has 10 nitrogen and oxygen atoms in total. The van der Waals surface area contributed by atoms with Crippen molar-refractivity contribution in [2.75, 3.05) is 12.0 Å². The largest absolute Gasteiger partial charge is 0.514 e. The number of hydrogen-bond donors (Lipinski definition) is 3. The van der Waals surface area contributed by atoms with Gasteiger partial charge in [-0.05, 0) is 66.2 Å². The van der Waals surface area contributed by atoms with Gasteiger partial charge >= 0.3 is 12.1 Å². The molecule has 0 unspecified atom stereocenters. The summed E-state index contributed by atoms with van der Waals surface area (Å²) in [6.45, 7) is 3.67. The van der Waals surface area contributed by atoms with E-state index in [4.69, 9.17) is 19.3 Å². The molecule has 0 fully saturated rings. The number of benzene rings is 2. The molecule has 2 amide bonds. The highest BCUT2D eigenvalue weighted by atomic mass is 32.2. The van der Waals surface area contributed by atoms with Gasteiger partial charge in [0, 0.05) is 0 Å². The fourth-order valence-corrected chi connectivity index (χ4v) is 3.81. The standard InChI is InChI=1S/C27H34N2O8S/c1-18(2)14-24(29-25(32)23(28-17-31)12-13-38-3)26(33)36-21-10-6-20(7-11-21)16-35-27(34)37-22-8-4-19(15-30)5-9-22/h4-11,17-18,23-24,30H,12-16H2,1-3H3,(H,28,31)(H,29,32)/t23-,24-/m0/s1. The molecule has 0 radical (unpaired) electrons. The summed E-state index contributed by atoms with van der Waals surface area (Å²) in [5, 5.41) is 14.3. The van der Waals surface area contributed by atoms with Crippen molar-refractivity contribution in [3.8, 4) is 11.5 Å². The van der Waals surface area contributed by atoms with E-state index < -0.39 is 30.1 Å². The van der Waals surface area contributed by atoms with E-state index in [1.807, 2.05) is 20.1 Å². The summed E-state index contributed by atoms with van der Waals surface area (Å²) in [7, 11) is 0. The maximum Gasteiger partial charge on any atom is 0.514 e. The normalized spacial score (nSPS) is 12.2. The lowest BCUT2D eigenvalue weighted by Gasteiger charge is -2.22. The molecule has 0 aliphatic heterocycles. The molecule has 0 saturated carbocycles. The van der Waals surface area contributed by atoms with Crippen LogP contribution in [0.15, 0.2) is 48.5 Å². The second kappa shape index (κ2) is 16.3. The van der Waals surface area contributed by atoms with Crippen LogP contribution in [0, 0.1) is 5.92 Å². The van der Waals surface area contributed by atoms with E-state index in [-0.39, 0.29) is 30.6 Å². The summed E-state index contributed by atoms with van der Waals surface area (Å²) >= 11 is 1.55. The van der Waals surface area contributed by atoms with Crippen LogP contribution in [-0.4, -0.2) is 53.6 Å². The van der Waals surface area contributed by atoms with Crippen LogP contribution in [0.3, 0.4) is 0 Å². The average Bonchev–Trinajstić information content (AvgIpc) is 2.90. The van der Waals surface area contributed by atoms with Crippen molar-refractivity contribution in [3.05, 3.63) is 59.7 Å². The number of rotatable bonds is 15. The van der Waals surface area contributed by atoms with Gasteiger partial charge in [-0.2, -0.15) is 11.8 Å². The highest BCUT2D eigenvalue weighted by Crippen LogP contribution is 2.17. The molecule has 2 aromatic carbocycles. The molecule has 38 heavy (non-hydrogen) atoms. The van der Waals surface area contributed by atoms with Crippen LogP contribution in [0.5, 0.6) is 11.5 Å². The van der Waals surface area contributed by atoms with Crippen molar-refractivity contribution < 1.29 is 38.5 Å². The lowest BCUT2D eigenvalue weighted by Crippen LogP contribution is -2.51. The number of aliphatic hydroxyl groups excluding tert-OH is 1. The molecule has 3 N–H and O–H groups in total. The SMILES string of the molecule is CSCC[C@H](NC=O)C(=O)N[C@@H](CC(C)C)C(=O)Oc1ccc(COC(=O)Oc2ccc(CO)cc2)cc1. The minimum atomic E-state index is -0.892. The first kappa shape index (κ1) is 30.7. The predicted molar refractivity (Wildman–Crippen MR) is 143 cm³/mol. The quantitative estimate of drug-likeness (QED) is 0.133. The van der Waals surface area contributed by atoms with Gasteiger partial charge in [-0.3, -0.25) is 9.59 Å². The highest BCUT2D eigenvalue weighted by Gasteiger charge is 2.27. The first-order valence-corrected chi connectivity index (χ1v) is 13.5. The predicted octanol–water partition coefficient (Wildman–Crippen LogP) is 3.20. The monoisotopic (exact) mass is 546 g/mol. The van der Waals surface area contributed by atoms with Gasteiger partial charge in [0.25, 0.3) is 0 Å². The Kier molecular flexibility index (Phi) is 13.2. The van der Waals surface area contributed by atoms with E-state index in [2.05, 4.69) is 10.6 Å². The van der Waals surface area contributed by atoms with E-state index in [1.54, 1.807) is 60.3 Å². The summed E-state index contributed by atoms with van der Waals surface area (Å²) in [5.41, 5.74) is 1.33. The van der Waals surface area contributed by atoms with Crippen LogP contribution in [0.25, 0.3) is 0 Å². The molecule has 0 bridgehead atoms. The number of thioether (sulfide) groups is 1. The zero-order valence-electron chi connectivity index (χ0n) is 21.7. The smallest absolute Gasteiger partial charge is 0.429 e. The third-order valence-electron chi connectivity index (χ3n) is 5.31. The number of carbonyl (C=O) groups is 4. The zero-order valence-corrected chi connectivity index (χ0v) is 22.5. The Labute approximate surface area is 226 Å². The molecule has 2 aromatic rings. The summed E-state index contributed by atoms with van der Waals surface area (Å²) in [6.07, 6.45) is 2.28. The van der Waals surface area contributed by atoms with Crippen molar-refractivity contribution in [3.63, 3.8) is 0 Å². The fraction of sp³-hybridized carbons (Fsp3) is 0.407. The van der Waals surface area contributed by atoms with Crippen LogP contribution >= 0.6 is 11.8 Å². The second-order valence-corrected chi connectivity index (χ2v) is 9.80. The first-order chi connectivity index (χ1) is 18.2. The molecule has 0 spiro atoms. The summed E-state index contributed by atoms with van der Waals surface area (Å²) in [6, 6.07) is 11.1. The van der Waals surface area contributed by atoms with Gasteiger partial charge in [0.05, 0.1) is 6.61 Å². The molecule has 0 aromatic heterocycles. The maximum atomic E-state index is 12.9. The van der Waals surface area contributed by atoms with Gasteiger partial charge in [-0.1, -0.05) is 38.1 Å². The number of aliphatic hydroxyl groups is 1. The Balaban J connectivity index is 1.92. The van der Waals surface area contributed by atoms with E-state index in [9.17, 15) is 19.2 Å². The minimum absolute atomic E-state index is 0.0605. The van der Waals surface area contributed by atoms with Crippen molar-refractivity contribution >= 4 is 36.2 Å². The Bertz CT molecular complexity index is 1040. The molecular weight excluding hydrogens is 512 g/mol. The topological polar surface area (TPSA) is 140 Å². The molecule has 2 atom stereocenters. The lowest BCUT2D eigenvalue weighted by molar-refractivity contribution is -0.140. The van der Waals surface area contributed by atoms with Crippen LogP contribution in [0.1, 0.15) is 37.8 Å². The molecule has 11 heteroatoms. The maximum absolute atomic E-state index is 12.9. The number of nitrogens with one attached hydrogen (secondary N) is 2. The van der Waals surface area contributed by atoms with E-state index >= 15 is 0 Å². The average molecular weight is 547 g/mol. The van der Waals surface area contributed by atoms with Crippen molar-refractivity contribution in [1.82, 2.24) is 10.6 Å². The third-order valence-corrected chi connectivity index (χ3v) is 5.95. The van der Waals surface area contributed by atoms with E-state index in [1.165, 1.54) is 0 Å². The van der Waals surface area contributed by atoms with Crippen molar-refractivity contribution in [2.24, 2.45) is 5.92 Å². The summed E-state index contributed by atoms with van der Waals surface area (Å²) in [4.78, 5) is 48.4. The lowest BCUT2D eigenvalue weighted by atomic mass is 10.0. The number of carbonyl (C=O) groups excluding carboxylic acids is 4. The molecular formula is C27H34N2O8S. The minimum Gasteiger partial charge on any atom is -0.429 e. The summed E-state index contributed by atoms with van der Waals surface area (Å²) < 4.78 is 15.7. The molecule has 0 saturated heterocycles. The third kappa shape index (κ3) is 10.8. The van der Waals surface area contributed by atoms with Gasteiger partial charge in [0.1, 0.15) is 30.2 Å². The fourth-order valence-electron chi connectivity index (χ4n) is 3.34. The molecule has 2 rings (SSSR count). The summed E-state index contributed by atoms with van der Waals surface area (Å²) in [5.74, 6) is 0.250. The van der Waals surface area contributed by atoms with Crippen molar-refractivity contribution in [1.29, 1.82) is 0 Å². The van der Waals surface area contributed by atoms with Crippen molar-refractivity contribution in [2.45, 2.75) is 52.0 Å². The number of esters is 1. The Morgan fingerprint density at radius 3 is 2.11 bits per heavy atom. The van der Waals surface area contributed by atoms with Gasteiger partial charge in [0.15, 0.2) is 0 Å². The van der Waals surface area contributed by atoms with E-state index in [0.29, 0.717) is 36.1 Å². The van der Waals surface area contributed by atoms with E-state index in [0.717, 1.165) is 0 Å². The van der Waals surface area contributed by atoms with Crippen LogP contribution < -0.4 is 20.1 Å². The zero-order chi connectivity index (χ0) is 27.9. The number of amides is 2. The Hall–Kier alpha value is -3.57. The van der Waals surface area contributed by atoms with Crippen LogP contribution in [-0.2, 0) is 32.3 Å². The second-order valence-electron chi connectivity index (χ2n) is 8.82. The Morgan fingerprint density at radius 2 is 1.55 bits per heavy atom. The molecule has 0 aliphatic rings. The molecule has 0 aliphatic carbocycles. The molecule has 206 valence electrons. The number of hydrogen-bond acceptors (Lipinski definition) is 9.